The van der Waals surface area contributed by atoms with Gasteiger partial charge in [-0.1, -0.05) is 0 Å². The molecule has 0 aliphatic carbocycles. The molecule has 1 aliphatic rings. The predicted octanol–water partition coefficient (Wildman–Crippen LogP) is 2.84. The topological polar surface area (TPSA) is 70.3 Å². The Balaban J connectivity index is 0.00000300. The van der Waals surface area contributed by atoms with Crippen molar-refractivity contribution in [3.8, 4) is 5.75 Å². The Morgan fingerprint density at radius 2 is 1.86 bits per heavy atom. The van der Waals surface area contributed by atoms with Crippen LogP contribution in [0, 0.1) is 5.82 Å². The van der Waals surface area contributed by atoms with Gasteiger partial charge in [0.2, 0.25) is 0 Å². The van der Waals surface area contributed by atoms with Crippen molar-refractivity contribution in [1.29, 1.82) is 0 Å². The number of ether oxygens (including phenoxy) is 1. The Morgan fingerprint density at radius 3 is 2.48 bits per heavy atom. The minimum atomic E-state index is -0.274. The monoisotopic (exact) mass is 516 g/mol. The lowest BCUT2D eigenvalue weighted by Crippen LogP contribution is -2.53. The number of rotatable bonds is 6. The molecule has 1 amide bonds. The number of halogens is 2. The Morgan fingerprint density at radius 1 is 1.17 bits per heavy atom. The van der Waals surface area contributed by atoms with Crippen LogP contribution >= 0.6 is 24.0 Å². The second-order valence-electron chi connectivity index (χ2n) is 6.39. The first-order chi connectivity index (χ1) is 13.7. The van der Waals surface area contributed by atoms with Crippen LogP contribution < -0.4 is 10.1 Å². The van der Waals surface area contributed by atoms with Crippen molar-refractivity contribution in [3.63, 3.8) is 0 Å². The molecule has 29 heavy (non-hydrogen) atoms. The van der Waals surface area contributed by atoms with Crippen LogP contribution in [0.15, 0.2) is 52.1 Å². The van der Waals surface area contributed by atoms with E-state index in [-0.39, 0.29) is 35.7 Å². The van der Waals surface area contributed by atoms with Gasteiger partial charge in [-0.3, -0.25) is 9.79 Å². The van der Waals surface area contributed by atoms with E-state index in [1.165, 1.54) is 18.4 Å². The van der Waals surface area contributed by atoms with Crippen LogP contribution in [-0.2, 0) is 0 Å². The van der Waals surface area contributed by atoms with Crippen LogP contribution in [0.2, 0.25) is 0 Å². The molecule has 1 N–H and O–H groups in total. The molecular formula is C20H26FIN4O3. The smallest absolute Gasteiger partial charge is 0.289 e. The highest BCUT2D eigenvalue weighted by Gasteiger charge is 2.24. The molecule has 9 heteroatoms. The highest BCUT2D eigenvalue weighted by atomic mass is 127. The van der Waals surface area contributed by atoms with E-state index in [0.717, 1.165) is 12.4 Å². The Bertz CT molecular complexity index is 776. The highest BCUT2D eigenvalue weighted by molar-refractivity contribution is 14.0. The Hall–Kier alpha value is -2.30. The lowest BCUT2D eigenvalue weighted by molar-refractivity contribution is 0.0657. The van der Waals surface area contributed by atoms with Gasteiger partial charge in [0.1, 0.15) is 11.6 Å². The molecular weight excluding hydrogens is 490 g/mol. The standard InChI is InChI=1S/C20H25FN4O3.HI/c1-22-20(23-9-3-15-27-17-7-5-16(21)6-8-17)25-12-10-24(11-13-25)19(26)18-4-2-14-28-18;/h2,4-8,14H,3,9-13,15H2,1H3,(H,22,23);1H. The number of piperazine rings is 1. The van der Waals surface area contributed by atoms with Crippen LogP contribution in [0.4, 0.5) is 4.39 Å². The number of nitrogens with zero attached hydrogens (tertiary/aromatic N) is 3. The first kappa shape index (κ1) is 23.0. The van der Waals surface area contributed by atoms with Gasteiger partial charge in [-0.2, -0.15) is 0 Å². The molecule has 3 rings (SSSR count). The minimum Gasteiger partial charge on any atom is -0.494 e. The van der Waals surface area contributed by atoms with E-state index in [4.69, 9.17) is 9.15 Å². The zero-order chi connectivity index (χ0) is 19.8. The van der Waals surface area contributed by atoms with Crippen LogP contribution in [0.25, 0.3) is 0 Å². The van der Waals surface area contributed by atoms with Crippen LogP contribution in [0.3, 0.4) is 0 Å². The zero-order valence-electron chi connectivity index (χ0n) is 16.3. The summed E-state index contributed by atoms with van der Waals surface area (Å²) in [4.78, 5) is 20.6. The molecule has 2 heterocycles. The maximum absolute atomic E-state index is 12.9. The maximum Gasteiger partial charge on any atom is 0.289 e. The molecule has 1 saturated heterocycles. The Kier molecular flexibility index (Phi) is 9.23. The second-order valence-corrected chi connectivity index (χ2v) is 6.39. The number of nitrogens with one attached hydrogen (secondary N) is 1. The van der Waals surface area contributed by atoms with Gasteiger partial charge in [0.15, 0.2) is 11.7 Å². The van der Waals surface area contributed by atoms with Gasteiger partial charge in [-0.05, 0) is 42.8 Å². The van der Waals surface area contributed by atoms with Crippen LogP contribution in [-0.4, -0.2) is 68.0 Å². The van der Waals surface area contributed by atoms with Crippen molar-refractivity contribution in [1.82, 2.24) is 15.1 Å². The predicted molar refractivity (Wildman–Crippen MR) is 119 cm³/mol. The lowest BCUT2D eigenvalue weighted by atomic mass is 10.3. The molecule has 0 radical (unpaired) electrons. The summed E-state index contributed by atoms with van der Waals surface area (Å²) >= 11 is 0. The van der Waals surface area contributed by atoms with Gasteiger partial charge in [-0.15, -0.1) is 24.0 Å². The fourth-order valence-corrected chi connectivity index (χ4v) is 3.00. The minimum absolute atomic E-state index is 0. The Labute approximate surface area is 186 Å². The van der Waals surface area contributed by atoms with E-state index in [1.54, 1.807) is 36.2 Å². The van der Waals surface area contributed by atoms with Crippen LogP contribution in [0.1, 0.15) is 17.0 Å². The summed E-state index contributed by atoms with van der Waals surface area (Å²) in [7, 11) is 1.75. The fraction of sp³-hybridized carbons (Fsp3) is 0.400. The number of carbonyl (C=O) groups excluding carboxylic acids is 1. The van der Waals surface area contributed by atoms with Gasteiger partial charge in [0.05, 0.1) is 12.9 Å². The average molecular weight is 516 g/mol. The number of benzene rings is 1. The van der Waals surface area contributed by atoms with Gasteiger partial charge in [-0.25, -0.2) is 4.39 Å². The molecule has 1 fully saturated rings. The van der Waals surface area contributed by atoms with Crippen molar-refractivity contribution >= 4 is 35.8 Å². The number of hydrogen-bond acceptors (Lipinski definition) is 4. The first-order valence-electron chi connectivity index (χ1n) is 9.34. The maximum atomic E-state index is 12.9. The number of hydrogen-bond donors (Lipinski definition) is 1. The van der Waals surface area contributed by atoms with Crippen molar-refractivity contribution in [3.05, 3.63) is 54.2 Å². The van der Waals surface area contributed by atoms with Crippen molar-refractivity contribution in [2.45, 2.75) is 6.42 Å². The van der Waals surface area contributed by atoms with Gasteiger partial charge in [0.25, 0.3) is 5.91 Å². The lowest BCUT2D eigenvalue weighted by Gasteiger charge is -2.36. The molecule has 1 aliphatic heterocycles. The van der Waals surface area contributed by atoms with E-state index in [2.05, 4.69) is 15.2 Å². The number of guanidine groups is 1. The van der Waals surface area contributed by atoms with E-state index in [9.17, 15) is 9.18 Å². The third kappa shape index (κ3) is 6.62. The summed E-state index contributed by atoms with van der Waals surface area (Å²) in [5.41, 5.74) is 0. The van der Waals surface area contributed by atoms with Crippen LogP contribution in [0.5, 0.6) is 5.75 Å². The molecule has 0 spiro atoms. The molecule has 0 bridgehead atoms. The second kappa shape index (κ2) is 11.6. The van der Waals surface area contributed by atoms with Gasteiger partial charge in [0, 0.05) is 39.8 Å². The molecule has 2 aromatic rings. The number of aliphatic imine (C=N–C) groups is 1. The number of furan rings is 1. The third-order valence-electron chi connectivity index (χ3n) is 4.50. The van der Waals surface area contributed by atoms with E-state index in [1.807, 2.05) is 0 Å². The summed E-state index contributed by atoms with van der Waals surface area (Å²) in [6, 6.07) is 9.39. The summed E-state index contributed by atoms with van der Waals surface area (Å²) in [6.07, 6.45) is 2.29. The van der Waals surface area contributed by atoms with E-state index in [0.29, 0.717) is 50.8 Å². The van der Waals surface area contributed by atoms with E-state index >= 15 is 0 Å². The fourth-order valence-electron chi connectivity index (χ4n) is 3.00. The SMILES string of the molecule is CN=C(NCCCOc1ccc(F)cc1)N1CCN(C(=O)c2ccco2)CC1.I. The van der Waals surface area contributed by atoms with Crippen molar-refractivity contribution in [2.24, 2.45) is 4.99 Å². The third-order valence-corrected chi connectivity index (χ3v) is 4.50. The summed E-state index contributed by atoms with van der Waals surface area (Å²) < 4.78 is 23.6. The highest BCUT2D eigenvalue weighted by Crippen LogP contribution is 2.11. The zero-order valence-corrected chi connectivity index (χ0v) is 18.7. The summed E-state index contributed by atoms with van der Waals surface area (Å²) in [5, 5.41) is 3.32. The number of amides is 1. The molecule has 0 saturated carbocycles. The molecule has 0 unspecified atom stereocenters. The number of carbonyl (C=O) groups is 1. The summed E-state index contributed by atoms with van der Waals surface area (Å²) in [6.45, 7) is 3.89. The van der Waals surface area contributed by atoms with Crippen molar-refractivity contribution in [2.75, 3.05) is 46.4 Å². The normalized spacial score (nSPS) is 14.3. The first-order valence-corrected chi connectivity index (χ1v) is 9.34. The summed E-state index contributed by atoms with van der Waals surface area (Å²) in [5.74, 6) is 1.49. The molecule has 158 valence electrons. The largest absolute Gasteiger partial charge is 0.494 e. The van der Waals surface area contributed by atoms with Gasteiger partial charge < -0.3 is 24.3 Å². The van der Waals surface area contributed by atoms with Crippen molar-refractivity contribution < 1.29 is 18.3 Å². The van der Waals surface area contributed by atoms with Gasteiger partial charge >= 0.3 is 0 Å². The molecule has 1 aromatic carbocycles. The molecule has 0 atom stereocenters. The average Bonchev–Trinajstić information content (AvgIpc) is 3.27. The molecule has 1 aromatic heterocycles. The van der Waals surface area contributed by atoms with E-state index < -0.39 is 0 Å². The quantitative estimate of drug-likeness (QED) is 0.277. The molecule has 7 nitrogen and oxygen atoms in total.